The van der Waals surface area contributed by atoms with Gasteiger partial charge in [-0.15, -0.1) is 0 Å². The zero-order valence-corrected chi connectivity index (χ0v) is 9.67. The Kier molecular flexibility index (Phi) is 2.52. The van der Waals surface area contributed by atoms with Gasteiger partial charge in [0.1, 0.15) is 17.4 Å². The van der Waals surface area contributed by atoms with Gasteiger partial charge in [-0.1, -0.05) is 42.5 Å². The molecule has 90 valence electrons. The molecule has 0 aliphatic carbocycles. The Morgan fingerprint density at radius 1 is 1.06 bits per heavy atom. The second-order valence-corrected chi connectivity index (χ2v) is 4.33. The molecule has 0 amide bonds. The van der Waals surface area contributed by atoms with Gasteiger partial charge in [-0.25, -0.2) is 4.79 Å². The monoisotopic (exact) mass is 240 g/mol. The highest BCUT2D eigenvalue weighted by atomic mass is 16.5. The molecule has 3 nitrogen and oxygen atoms in total. The molecule has 18 heavy (non-hydrogen) atoms. The first-order chi connectivity index (χ1) is 8.75. The first-order valence-corrected chi connectivity index (χ1v) is 5.82. The van der Waals surface area contributed by atoms with Crippen LogP contribution in [0.4, 0.5) is 0 Å². The highest BCUT2D eigenvalue weighted by Crippen LogP contribution is 2.37. The molecule has 0 saturated carbocycles. The third-order valence-corrected chi connectivity index (χ3v) is 3.14. The van der Waals surface area contributed by atoms with Crippen LogP contribution in [0.15, 0.2) is 48.5 Å². The number of cyclic esters (lactones) is 1. The van der Waals surface area contributed by atoms with Crippen molar-refractivity contribution in [2.45, 2.75) is 12.5 Å². The Morgan fingerprint density at radius 2 is 1.83 bits per heavy atom. The van der Waals surface area contributed by atoms with E-state index in [-0.39, 0.29) is 11.9 Å². The van der Waals surface area contributed by atoms with Crippen LogP contribution < -0.4 is 0 Å². The summed E-state index contributed by atoms with van der Waals surface area (Å²) in [6, 6.07) is 14.9. The molecule has 2 aromatic rings. The van der Waals surface area contributed by atoms with Gasteiger partial charge in [-0.05, 0) is 11.6 Å². The second kappa shape index (κ2) is 4.18. The Hall–Kier alpha value is -2.29. The van der Waals surface area contributed by atoms with Crippen molar-refractivity contribution in [2.24, 2.45) is 0 Å². The molecule has 0 fully saturated rings. The van der Waals surface area contributed by atoms with E-state index in [1.807, 2.05) is 36.4 Å². The summed E-state index contributed by atoms with van der Waals surface area (Å²) in [4.78, 5) is 11.7. The first kappa shape index (κ1) is 10.8. The number of carbonyl (C=O) groups is 1. The summed E-state index contributed by atoms with van der Waals surface area (Å²) in [5, 5.41) is 9.68. The van der Waals surface area contributed by atoms with Crippen LogP contribution in [0.3, 0.4) is 0 Å². The molecule has 0 spiro atoms. The minimum atomic E-state index is -0.441. The van der Waals surface area contributed by atoms with E-state index in [0.717, 1.165) is 11.1 Å². The fraction of sp³-hybridized carbons (Fsp3) is 0.133. The largest absolute Gasteiger partial charge is 0.507 e. The lowest BCUT2D eigenvalue weighted by molar-refractivity contribution is 0.0385. The van der Waals surface area contributed by atoms with Gasteiger partial charge >= 0.3 is 5.97 Å². The Balaban J connectivity index is 1.94. The van der Waals surface area contributed by atoms with Crippen molar-refractivity contribution in [1.29, 1.82) is 0 Å². The van der Waals surface area contributed by atoms with E-state index in [0.29, 0.717) is 12.0 Å². The number of benzene rings is 2. The van der Waals surface area contributed by atoms with Gasteiger partial charge in [0.05, 0.1) is 0 Å². The Labute approximate surface area is 105 Å². The lowest BCUT2D eigenvalue weighted by atomic mass is 9.99. The standard InChI is InChI=1S/C15H12O3/c16-12-8-4-7-11-13(18-15(17)14(11)12)9-10-5-2-1-3-6-10/h1-8,13,16H,9H2. The molecular weight excluding hydrogens is 228 g/mol. The highest BCUT2D eigenvalue weighted by Gasteiger charge is 2.33. The summed E-state index contributed by atoms with van der Waals surface area (Å²) in [5.41, 5.74) is 2.17. The molecule has 0 bridgehead atoms. The van der Waals surface area contributed by atoms with Crippen molar-refractivity contribution in [3.63, 3.8) is 0 Å². The smallest absolute Gasteiger partial charge is 0.342 e. The average molecular weight is 240 g/mol. The molecule has 1 heterocycles. The Morgan fingerprint density at radius 3 is 2.61 bits per heavy atom. The number of rotatable bonds is 2. The number of fused-ring (bicyclic) bond motifs is 1. The van der Waals surface area contributed by atoms with Crippen LogP contribution in [0.25, 0.3) is 0 Å². The molecule has 1 unspecified atom stereocenters. The highest BCUT2D eigenvalue weighted by molar-refractivity contribution is 5.96. The molecule has 1 aliphatic rings. The molecule has 1 atom stereocenters. The van der Waals surface area contributed by atoms with Crippen LogP contribution in [0, 0.1) is 0 Å². The lowest BCUT2D eigenvalue weighted by Gasteiger charge is -2.10. The van der Waals surface area contributed by atoms with Crippen LogP contribution in [0.1, 0.15) is 27.6 Å². The van der Waals surface area contributed by atoms with Gasteiger partial charge in [0.25, 0.3) is 0 Å². The summed E-state index contributed by atoms with van der Waals surface area (Å²) in [5.74, 6) is -0.447. The molecule has 1 aliphatic heterocycles. The Bertz CT molecular complexity index is 590. The molecule has 0 radical (unpaired) electrons. The zero-order valence-electron chi connectivity index (χ0n) is 9.67. The number of esters is 1. The third-order valence-electron chi connectivity index (χ3n) is 3.14. The van der Waals surface area contributed by atoms with Gasteiger partial charge in [-0.3, -0.25) is 0 Å². The maximum Gasteiger partial charge on any atom is 0.342 e. The maximum atomic E-state index is 11.7. The fourth-order valence-electron chi connectivity index (χ4n) is 2.28. The number of phenols is 1. The topological polar surface area (TPSA) is 46.5 Å². The maximum absolute atomic E-state index is 11.7. The number of hydrogen-bond acceptors (Lipinski definition) is 3. The number of carbonyl (C=O) groups excluding carboxylic acids is 1. The number of phenolic OH excluding ortho intramolecular Hbond substituents is 1. The lowest BCUT2D eigenvalue weighted by Crippen LogP contribution is -2.02. The molecule has 3 heteroatoms. The summed E-state index contributed by atoms with van der Waals surface area (Å²) in [7, 11) is 0. The van der Waals surface area contributed by atoms with Gasteiger partial charge in [0.15, 0.2) is 0 Å². The van der Waals surface area contributed by atoms with Crippen LogP contribution >= 0.6 is 0 Å². The van der Waals surface area contributed by atoms with E-state index in [2.05, 4.69) is 0 Å². The molecule has 1 N–H and O–H groups in total. The number of aromatic hydroxyl groups is 1. The van der Waals surface area contributed by atoms with Crippen molar-refractivity contribution >= 4 is 5.97 Å². The van der Waals surface area contributed by atoms with Crippen molar-refractivity contribution in [2.75, 3.05) is 0 Å². The van der Waals surface area contributed by atoms with E-state index in [9.17, 15) is 9.90 Å². The molecule has 0 saturated heterocycles. The van der Waals surface area contributed by atoms with E-state index < -0.39 is 5.97 Å². The summed E-state index contributed by atoms with van der Waals surface area (Å²) in [6.45, 7) is 0. The van der Waals surface area contributed by atoms with Crippen molar-refractivity contribution in [3.8, 4) is 5.75 Å². The predicted octanol–water partition coefficient (Wildman–Crippen LogP) is 2.85. The van der Waals surface area contributed by atoms with Gasteiger partial charge < -0.3 is 9.84 Å². The number of hydrogen-bond donors (Lipinski definition) is 1. The van der Waals surface area contributed by atoms with Gasteiger partial charge in [0.2, 0.25) is 0 Å². The van der Waals surface area contributed by atoms with Crippen LogP contribution in [0.5, 0.6) is 5.75 Å². The molecular formula is C15H12O3. The molecule has 3 rings (SSSR count). The van der Waals surface area contributed by atoms with Crippen LogP contribution in [-0.2, 0) is 11.2 Å². The van der Waals surface area contributed by atoms with Crippen molar-refractivity contribution < 1.29 is 14.6 Å². The first-order valence-electron chi connectivity index (χ1n) is 5.82. The zero-order chi connectivity index (χ0) is 12.5. The minimum absolute atomic E-state index is 0.00642. The number of ether oxygens (including phenoxy) is 1. The summed E-state index contributed by atoms with van der Waals surface area (Å²) < 4.78 is 5.32. The minimum Gasteiger partial charge on any atom is -0.507 e. The molecule has 2 aromatic carbocycles. The average Bonchev–Trinajstić information content (AvgIpc) is 2.69. The van der Waals surface area contributed by atoms with E-state index in [4.69, 9.17) is 4.74 Å². The van der Waals surface area contributed by atoms with Gasteiger partial charge in [-0.2, -0.15) is 0 Å². The van der Waals surface area contributed by atoms with E-state index >= 15 is 0 Å². The summed E-state index contributed by atoms with van der Waals surface area (Å²) >= 11 is 0. The van der Waals surface area contributed by atoms with E-state index in [1.54, 1.807) is 6.07 Å². The quantitative estimate of drug-likeness (QED) is 0.821. The van der Waals surface area contributed by atoms with Crippen LogP contribution in [-0.4, -0.2) is 11.1 Å². The fourth-order valence-corrected chi connectivity index (χ4v) is 2.28. The van der Waals surface area contributed by atoms with Gasteiger partial charge in [0, 0.05) is 12.0 Å². The second-order valence-electron chi connectivity index (χ2n) is 4.33. The summed E-state index contributed by atoms with van der Waals surface area (Å²) in [6.07, 6.45) is 0.324. The normalized spacial score (nSPS) is 17.3. The predicted molar refractivity (Wildman–Crippen MR) is 66.4 cm³/mol. The van der Waals surface area contributed by atoms with E-state index in [1.165, 1.54) is 6.07 Å². The SMILES string of the molecule is O=C1OC(Cc2ccccc2)c2cccc(O)c21. The van der Waals surface area contributed by atoms with Crippen molar-refractivity contribution in [1.82, 2.24) is 0 Å². The molecule has 0 aromatic heterocycles. The third kappa shape index (κ3) is 1.74. The van der Waals surface area contributed by atoms with Crippen molar-refractivity contribution in [3.05, 3.63) is 65.2 Å². The van der Waals surface area contributed by atoms with Crippen LogP contribution in [0.2, 0.25) is 0 Å².